The van der Waals surface area contributed by atoms with Crippen LogP contribution in [0, 0.1) is 6.92 Å². The van der Waals surface area contributed by atoms with Crippen LogP contribution in [0.15, 0.2) is 36.7 Å². The predicted octanol–water partition coefficient (Wildman–Crippen LogP) is 3.41. The van der Waals surface area contributed by atoms with Gasteiger partial charge in [0.15, 0.2) is 0 Å². The first-order valence-electron chi connectivity index (χ1n) is 9.42. The number of carbonyl (C=O) groups is 1. The number of pyridine rings is 1. The molecule has 150 valence electrons. The molecule has 0 spiro atoms. The number of carbonyl (C=O) groups excluding carboxylic acids is 1. The average molecular weight is 412 g/mol. The summed E-state index contributed by atoms with van der Waals surface area (Å²) in [5, 5.41) is 7.00. The van der Waals surface area contributed by atoms with Gasteiger partial charge in [0.1, 0.15) is 12.4 Å². The minimum Gasteiger partial charge on any atom is -0.490 e. The second kappa shape index (κ2) is 8.14. The van der Waals surface area contributed by atoms with E-state index in [-0.39, 0.29) is 5.91 Å². The van der Waals surface area contributed by atoms with Crippen molar-refractivity contribution in [3.8, 4) is 17.0 Å². The van der Waals surface area contributed by atoms with Crippen molar-refractivity contribution < 1.29 is 9.53 Å². The molecule has 0 unspecified atom stereocenters. The molecule has 1 aliphatic rings. The minimum absolute atomic E-state index is 0.116. The summed E-state index contributed by atoms with van der Waals surface area (Å²) in [5.41, 5.74) is 11.1. The Morgan fingerprint density at radius 2 is 2.21 bits per heavy atom. The van der Waals surface area contributed by atoms with Crippen LogP contribution in [0.25, 0.3) is 11.3 Å². The Labute approximate surface area is 173 Å². The summed E-state index contributed by atoms with van der Waals surface area (Å²) in [5.74, 6) is 0.484. The van der Waals surface area contributed by atoms with Gasteiger partial charge >= 0.3 is 0 Å². The molecule has 1 aliphatic heterocycles. The molecule has 3 aromatic rings. The third kappa shape index (κ3) is 3.66. The number of rotatable bonds is 6. The molecule has 4 rings (SSSR count). The van der Waals surface area contributed by atoms with Gasteiger partial charge in [-0.15, -0.1) is 0 Å². The molecule has 0 bridgehead atoms. The lowest BCUT2D eigenvalue weighted by Crippen LogP contribution is -2.31. The summed E-state index contributed by atoms with van der Waals surface area (Å²) >= 11 is 6.30. The van der Waals surface area contributed by atoms with Gasteiger partial charge in [-0.05, 0) is 30.7 Å². The fourth-order valence-corrected chi connectivity index (χ4v) is 3.63. The summed E-state index contributed by atoms with van der Waals surface area (Å²) in [6, 6.07) is 7.50. The van der Waals surface area contributed by atoms with E-state index in [9.17, 15) is 4.79 Å². The molecule has 29 heavy (non-hydrogen) atoms. The second-order valence-corrected chi connectivity index (χ2v) is 7.19. The SMILES string of the molecule is Cc1c(Cl)cccc1Nc1c(-c2ccncc2OCCN)[nH]c2c1C(=O)NCC2. The zero-order valence-corrected chi connectivity index (χ0v) is 16.8. The summed E-state index contributed by atoms with van der Waals surface area (Å²) in [6.45, 7) is 3.29. The van der Waals surface area contributed by atoms with Crippen molar-refractivity contribution in [2.75, 3.05) is 25.0 Å². The highest BCUT2D eigenvalue weighted by Crippen LogP contribution is 2.41. The highest BCUT2D eigenvalue weighted by Gasteiger charge is 2.28. The van der Waals surface area contributed by atoms with Crippen molar-refractivity contribution in [3.05, 3.63) is 58.5 Å². The van der Waals surface area contributed by atoms with Crippen LogP contribution in [-0.2, 0) is 6.42 Å². The Morgan fingerprint density at radius 3 is 3.03 bits per heavy atom. The first kappa shape index (κ1) is 19.3. The number of nitrogens with two attached hydrogens (primary N) is 1. The number of fused-ring (bicyclic) bond motifs is 1. The average Bonchev–Trinajstić information content (AvgIpc) is 3.09. The van der Waals surface area contributed by atoms with Gasteiger partial charge < -0.3 is 26.1 Å². The fraction of sp³-hybridized carbons (Fsp3) is 0.238. The maximum absolute atomic E-state index is 12.7. The quantitative estimate of drug-likeness (QED) is 0.497. The summed E-state index contributed by atoms with van der Waals surface area (Å²) in [4.78, 5) is 20.3. The normalized spacial score (nSPS) is 13.0. The molecule has 0 aliphatic carbocycles. The molecule has 1 amide bonds. The first-order valence-corrected chi connectivity index (χ1v) is 9.80. The van der Waals surface area contributed by atoms with E-state index in [0.717, 1.165) is 28.2 Å². The smallest absolute Gasteiger partial charge is 0.255 e. The van der Waals surface area contributed by atoms with Crippen LogP contribution in [-0.4, -0.2) is 35.6 Å². The molecular weight excluding hydrogens is 390 g/mol. The third-order valence-electron chi connectivity index (χ3n) is 4.92. The van der Waals surface area contributed by atoms with E-state index >= 15 is 0 Å². The Kier molecular flexibility index (Phi) is 5.42. The highest BCUT2D eigenvalue weighted by molar-refractivity contribution is 6.31. The number of anilines is 2. The standard InChI is InChI=1S/C21H22ClN5O2/c1-12-14(22)3-2-4-15(12)26-20-18-16(6-9-25-21(18)28)27-19(20)13-5-8-24-11-17(13)29-10-7-23/h2-5,8,11,26-27H,6-7,9-10,23H2,1H3,(H,25,28). The molecule has 0 saturated heterocycles. The summed E-state index contributed by atoms with van der Waals surface area (Å²) < 4.78 is 5.79. The number of H-pyrrole nitrogens is 1. The topological polar surface area (TPSA) is 105 Å². The van der Waals surface area contributed by atoms with E-state index in [1.807, 2.05) is 31.2 Å². The van der Waals surface area contributed by atoms with Crippen molar-refractivity contribution in [3.63, 3.8) is 0 Å². The van der Waals surface area contributed by atoms with Gasteiger partial charge in [0.25, 0.3) is 5.91 Å². The van der Waals surface area contributed by atoms with Gasteiger partial charge in [-0.2, -0.15) is 0 Å². The number of amides is 1. The number of aromatic nitrogens is 2. The molecule has 1 aromatic carbocycles. The summed E-state index contributed by atoms with van der Waals surface area (Å²) in [7, 11) is 0. The van der Waals surface area contributed by atoms with E-state index in [1.54, 1.807) is 12.4 Å². The van der Waals surface area contributed by atoms with Crippen LogP contribution >= 0.6 is 11.6 Å². The molecule has 8 heteroatoms. The van der Waals surface area contributed by atoms with Gasteiger partial charge in [-0.25, -0.2) is 0 Å². The van der Waals surface area contributed by atoms with Gasteiger partial charge in [0.05, 0.1) is 23.1 Å². The van der Waals surface area contributed by atoms with Crippen molar-refractivity contribution in [2.24, 2.45) is 5.73 Å². The molecule has 2 aromatic heterocycles. The van der Waals surface area contributed by atoms with Crippen molar-refractivity contribution in [1.29, 1.82) is 0 Å². The lowest BCUT2D eigenvalue weighted by Gasteiger charge is -2.17. The Morgan fingerprint density at radius 1 is 1.34 bits per heavy atom. The number of benzene rings is 1. The monoisotopic (exact) mass is 411 g/mol. The van der Waals surface area contributed by atoms with E-state index in [2.05, 4.69) is 20.6 Å². The number of halogens is 1. The molecule has 0 radical (unpaired) electrons. The molecule has 3 heterocycles. The number of nitrogens with zero attached hydrogens (tertiary/aromatic N) is 1. The second-order valence-electron chi connectivity index (χ2n) is 6.78. The first-order chi connectivity index (χ1) is 14.1. The lowest BCUT2D eigenvalue weighted by atomic mass is 10.0. The number of nitrogens with one attached hydrogen (secondary N) is 3. The minimum atomic E-state index is -0.116. The van der Waals surface area contributed by atoms with E-state index in [0.29, 0.717) is 48.1 Å². The van der Waals surface area contributed by atoms with Gasteiger partial charge in [-0.3, -0.25) is 9.78 Å². The molecule has 0 atom stereocenters. The van der Waals surface area contributed by atoms with Crippen LogP contribution in [0.2, 0.25) is 5.02 Å². The summed E-state index contributed by atoms with van der Waals surface area (Å²) in [6.07, 6.45) is 4.06. The van der Waals surface area contributed by atoms with Crippen molar-refractivity contribution in [2.45, 2.75) is 13.3 Å². The van der Waals surface area contributed by atoms with Crippen LogP contribution < -0.4 is 21.1 Å². The molecule has 7 nitrogen and oxygen atoms in total. The number of ether oxygens (including phenoxy) is 1. The number of aromatic amines is 1. The number of hydrogen-bond acceptors (Lipinski definition) is 5. The van der Waals surface area contributed by atoms with Crippen LogP contribution in [0.4, 0.5) is 11.4 Å². The van der Waals surface area contributed by atoms with E-state index in [4.69, 9.17) is 22.1 Å². The molecular formula is C21H22ClN5O2. The van der Waals surface area contributed by atoms with E-state index < -0.39 is 0 Å². The predicted molar refractivity (Wildman–Crippen MR) is 114 cm³/mol. The van der Waals surface area contributed by atoms with Crippen molar-refractivity contribution >= 4 is 28.9 Å². The maximum Gasteiger partial charge on any atom is 0.255 e. The van der Waals surface area contributed by atoms with Crippen molar-refractivity contribution in [1.82, 2.24) is 15.3 Å². The van der Waals surface area contributed by atoms with Crippen LogP contribution in [0.5, 0.6) is 5.75 Å². The zero-order chi connectivity index (χ0) is 20.4. The maximum atomic E-state index is 12.7. The third-order valence-corrected chi connectivity index (χ3v) is 5.33. The Hall–Kier alpha value is -3.03. The van der Waals surface area contributed by atoms with Crippen LogP contribution in [0.3, 0.4) is 0 Å². The molecule has 0 fully saturated rings. The largest absolute Gasteiger partial charge is 0.490 e. The number of hydrogen-bond donors (Lipinski definition) is 4. The molecule has 5 N–H and O–H groups in total. The van der Waals surface area contributed by atoms with Gasteiger partial charge in [0.2, 0.25) is 0 Å². The van der Waals surface area contributed by atoms with E-state index in [1.165, 1.54) is 0 Å². The van der Waals surface area contributed by atoms with Gasteiger partial charge in [0, 0.05) is 47.7 Å². The highest BCUT2D eigenvalue weighted by atomic mass is 35.5. The Balaban J connectivity index is 1.87. The fourth-order valence-electron chi connectivity index (χ4n) is 3.45. The Bertz CT molecular complexity index is 1060. The lowest BCUT2D eigenvalue weighted by molar-refractivity contribution is 0.0947. The zero-order valence-electron chi connectivity index (χ0n) is 16.0. The van der Waals surface area contributed by atoms with Gasteiger partial charge in [-0.1, -0.05) is 17.7 Å². The van der Waals surface area contributed by atoms with Crippen LogP contribution in [0.1, 0.15) is 21.6 Å². The molecule has 0 saturated carbocycles.